The van der Waals surface area contributed by atoms with Crippen molar-refractivity contribution in [2.24, 2.45) is 0 Å². The number of imidazole rings is 1. The minimum absolute atomic E-state index is 0.0185. The summed E-state index contributed by atoms with van der Waals surface area (Å²) in [7, 11) is 1.77. The first-order chi connectivity index (χ1) is 11.4. The molecule has 130 valence electrons. The zero-order valence-corrected chi connectivity index (χ0v) is 14.6. The lowest BCUT2D eigenvalue weighted by Gasteiger charge is -2.41. The van der Waals surface area contributed by atoms with Crippen molar-refractivity contribution < 1.29 is 13.9 Å². The predicted octanol–water partition coefficient (Wildman–Crippen LogP) is 3.51. The second-order valence-electron chi connectivity index (χ2n) is 7.50. The van der Waals surface area contributed by atoms with Gasteiger partial charge < -0.3 is 19.2 Å². The summed E-state index contributed by atoms with van der Waals surface area (Å²) in [5, 5.41) is 3.02. The van der Waals surface area contributed by atoms with E-state index in [9.17, 15) is 0 Å². The Morgan fingerprint density at radius 3 is 2.79 bits per heavy atom. The highest BCUT2D eigenvalue weighted by molar-refractivity contribution is 5.63. The molecule has 3 aliphatic rings. The molecule has 1 saturated carbocycles. The fourth-order valence-electron chi connectivity index (χ4n) is 4.06. The van der Waals surface area contributed by atoms with Crippen LogP contribution in [0.25, 0.3) is 5.65 Å². The molecule has 4 heterocycles. The molecule has 1 unspecified atom stereocenters. The SMILES string of the molecule is CCC(C)Oc1c(NC)cn2cc(C34COC(C)(C3)C4)nc2c1F. The van der Waals surface area contributed by atoms with Crippen LogP contribution in [-0.2, 0) is 10.2 Å². The molecule has 5 nitrogen and oxygen atoms in total. The minimum atomic E-state index is -0.411. The summed E-state index contributed by atoms with van der Waals surface area (Å²) < 4.78 is 28.4. The number of rotatable bonds is 5. The van der Waals surface area contributed by atoms with Crippen LogP contribution in [-0.4, -0.2) is 34.7 Å². The van der Waals surface area contributed by atoms with Crippen molar-refractivity contribution in [3.63, 3.8) is 0 Å². The van der Waals surface area contributed by atoms with E-state index in [2.05, 4.69) is 17.2 Å². The van der Waals surface area contributed by atoms with Gasteiger partial charge in [-0.15, -0.1) is 0 Å². The van der Waals surface area contributed by atoms with Gasteiger partial charge in [-0.05, 0) is 33.1 Å². The van der Waals surface area contributed by atoms with Crippen molar-refractivity contribution >= 4 is 11.3 Å². The summed E-state index contributed by atoms with van der Waals surface area (Å²) in [6, 6.07) is 0. The molecule has 1 aliphatic carbocycles. The van der Waals surface area contributed by atoms with Crippen molar-refractivity contribution in [3.8, 4) is 5.75 Å². The second kappa shape index (κ2) is 5.09. The minimum Gasteiger partial charge on any atom is -0.485 e. The van der Waals surface area contributed by atoms with Crippen LogP contribution >= 0.6 is 0 Å². The lowest BCUT2D eigenvalue weighted by molar-refractivity contribution is 0.0154. The number of ether oxygens (including phenoxy) is 2. The second-order valence-corrected chi connectivity index (χ2v) is 7.50. The van der Waals surface area contributed by atoms with Gasteiger partial charge in [0.1, 0.15) is 0 Å². The highest BCUT2D eigenvalue weighted by Gasteiger charge is 2.61. The molecule has 1 atom stereocenters. The van der Waals surface area contributed by atoms with Crippen LogP contribution < -0.4 is 10.1 Å². The monoisotopic (exact) mass is 333 g/mol. The maximum Gasteiger partial charge on any atom is 0.210 e. The largest absolute Gasteiger partial charge is 0.485 e. The number of anilines is 1. The molecule has 0 spiro atoms. The Labute approximate surface area is 141 Å². The van der Waals surface area contributed by atoms with E-state index in [0.29, 0.717) is 17.9 Å². The number of hydrogen-bond donors (Lipinski definition) is 1. The Morgan fingerprint density at radius 1 is 1.46 bits per heavy atom. The normalized spacial score (nSPS) is 29.5. The number of nitrogens with zero attached hydrogens (tertiary/aromatic N) is 2. The zero-order chi connectivity index (χ0) is 17.1. The third-order valence-electron chi connectivity index (χ3n) is 5.47. The molecule has 6 heteroatoms. The van der Waals surface area contributed by atoms with Crippen LogP contribution in [0, 0.1) is 5.82 Å². The Balaban J connectivity index is 1.78. The number of aromatic nitrogens is 2. The number of halogens is 1. The van der Waals surface area contributed by atoms with E-state index in [0.717, 1.165) is 25.0 Å². The summed E-state index contributed by atoms with van der Waals surface area (Å²) in [5.41, 5.74) is 1.79. The van der Waals surface area contributed by atoms with Crippen LogP contribution in [0.5, 0.6) is 5.75 Å². The van der Waals surface area contributed by atoms with E-state index in [1.165, 1.54) is 0 Å². The van der Waals surface area contributed by atoms with E-state index >= 15 is 4.39 Å². The summed E-state index contributed by atoms with van der Waals surface area (Å²) in [6.45, 7) is 6.75. The van der Waals surface area contributed by atoms with Gasteiger partial charge in [-0.3, -0.25) is 0 Å². The van der Waals surface area contributed by atoms with Gasteiger partial charge in [0.05, 0.1) is 29.7 Å². The molecule has 2 aliphatic heterocycles. The molecule has 2 aromatic rings. The first kappa shape index (κ1) is 15.7. The van der Waals surface area contributed by atoms with E-state index in [-0.39, 0.29) is 22.9 Å². The molecule has 2 saturated heterocycles. The number of fused-ring (bicyclic) bond motifs is 2. The molecule has 2 bridgehead atoms. The molecule has 0 radical (unpaired) electrons. The van der Waals surface area contributed by atoms with Crippen LogP contribution in [0.2, 0.25) is 0 Å². The van der Waals surface area contributed by atoms with Gasteiger partial charge in [-0.25, -0.2) is 4.98 Å². The summed E-state index contributed by atoms with van der Waals surface area (Å²) >= 11 is 0. The smallest absolute Gasteiger partial charge is 0.210 e. The van der Waals surface area contributed by atoms with Gasteiger partial charge in [0.15, 0.2) is 11.4 Å². The van der Waals surface area contributed by atoms with Crippen molar-refractivity contribution in [1.82, 2.24) is 9.38 Å². The molecular formula is C18H24FN3O2. The first-order valence-corrected chi connectivity index (χ1v) is 8.60. The first-order valence-electron chi connectivity index (χ1n) is 8.60. The van der Waals surface area contributed by atoms with Crippen LogP contribution in [0.1, 0.15) is 45.7 Å². The van der Waals surface area contributed by atoms with Gasteiger partial charge in [0.2, 0.25) is 5.82 Å². The van der Waals surface area contributed by atoms with Crippen molar-refractivity contribution in [2.75, 3.05) is 19.0 Å². The highest BCUT2D eigenvalue weighted by atomic mass is 19.1. The molecule has 0 aromatic carbocycles. The zero-order valence-electron chi connectivity index (χ0n) is 14.6. The third-order valence-corrected chi connectivity index (χ3v) is 5.47. The van der Waals surface area contributed by atoms with Crippen molar-refractivity contribution in [2.45, 2.75) is 57.2 Å². The highest BCUT2D eigenvalue weighted by Crippen LogP contribution is 2.58. The van der Waals surface area contributed by atoms with Crippen LogP contribution in [0.15, 0.2) is 12.4 Å². The molecule has 3 fully saturated rings. The van der Waals surface area contributed by atoms with Crippen LogP contribution in [0.3, 0.4) is 0 Å². The lowest BCUT2D eigenvalue weighted by Crippen LogP contribution is -2.45. The third kappa shape index (κ3) is 2.12. The van der Waals surface area contributed by atoms with Crippen molar-refractivity contribution in [1.29, 1.82) is 0 Å². The number of pyridine rings is 1. The average Bonchev–Trinajstić information content (AvgIpc) is 3.20. The Morgan fingerprint density at radius 2 is 2.21 bits per heavy atom. The maximum atomic E-state index is 15.0. The lowest BCUT2D eigenvalue weighted by atomic mass is 9.62. The number of nitrogens with one attached hydrogen (secondary N) is 1. The quantitative estimate of drug-likeness (QED) is 0.909. The van der Waals surface area contributed by atoms with E-state index in [1.807, 2.05) is 26.2 Å². The van der Waals surface area contributed by atoms with Gasteiger partial charge in [0, 0.05) is 24.9 Å². The molecule has 0 amide bonds. The van der Waals surface area contributed by atoms with E-state index < -0.39 is 5.82 Å². The van der Waals surface area contributed by atoms with Crippen molar-refractivity contribution in [3.05, 3.63) is 23.9 Å². The fraction of sp³-hybridized carbons (Fsp3) is 0.611. The molecule has 24 heavy (non-hydrogen) atoms. The van der Waals surface area contributed by atoms with Gasteiger partial charge >= 0.3 is 0 Å². The Bertz CT molecular complexity index is 795. The standard InChI is InChI=1S/C18H24FN3O2/c1-5-11(2)24-15-12(20-4)6-22-7-13(21-16(22)14(15)19)18-8-17(3,9-18)23-10-18/h6-7,11,20H,5,8-10H2,1-4H3. The number of hydrogen-bond acceptors (Lipinski definition) is 4. The average molecular weight is 333 g/mol. The molecule has 2 aromatic heterocycles. The Hall–Kier alpha value is -1.82. The van der Waals surface area contributed by atoms with Crippen LogP contribution in [0.4, 0.5) is 10.1 Å². The predicted molar refractivity (Wildman–Crippen MR) is 90.3 cm³/mol. The van der Waals surface area contributed by atoms with E-state index in [1.54, 1.807) is 11.4 Å². The fourth-order valence-corrected chi connectivity index (χ4v) is 4.06. The molecular weight excluding hydrogens is 309 g/mol. The van der Waals surface area contributed by atoms with Gasteiger partial charge in [-0.2, -0.15) is 4.39 Å². The van der Waals surface area contributed by atoms with Gasteiger partial charge in [-0.1, -0.05) is 6.92 Å². The maximum absolute atomic E-state index is 15.0. The summed E-state index contributed by atoms with van der Waals surface area (Å²) in [5.74, 6) is -0.166. The Kier molecular flexibility index (Phi) is 3.33. The summed E-state index contributed by atoms with van der Waals surface area (Å²) in [6.07, 6.45) is 6.45. The summed E-state index contributed by atoms with van der Waals surface area (Å²) in [4.78, 5) is 4.60. The van der Waals surface area contributed by atoms with Gasteiger partial charge in [0.25, 0.3) is 0 Å². The van der Waals surface area contributed by atoms with E-state index in [4.69, 9.17) is 9.47 Å². The molecule has 1 N–H and O–H groups in total. The topological polar surface area (TPSA) is 47.8 Å². The molecule has 5 rings (SSSR count).